The SMILES string of the molecule is N#CCOc1ccc(/C=C2\SC(=S)N(NC(=O)c3ccccc3)C2=O)cc1. The summed E-state index contributed by atoms with van der Waals surface area (Å²) >= 11 is 6.32. The van der Waals surface area contributed by atoms with E-state index in [1.54, 1.807) is 60.7 Å². The van der Waals surface area contributed by atoms with E-state index in [-0.39, 0.29) is 16.8 Å². The zero-order valence-electron chi connectivity index (χ0n) is 13.9. The monoisotopic (exact) mass is 395 g/mol. The van der Waals surface area contributed by atoms with Crippen LogP contribution in [-0.2, 0) is 4.79 Å². The van der Waals surface area contributed by atoms with Crippen molar-refractivity contribution in [3.8, 4) is 11.8 Å². The number of hydrogen-bond donors (Lipinski definition) is 1. The van der Waals surface area contributed by atoms with Crippen molar-refractivity contribution in [3.63, 3.8) is 0 Å². The average molecular weight is 395 g/mol. The largest absolute Gasteiger partial charge is 0.479 e. The summed E-state index contributed by atoms with van der Waals surface area (Å²) in [4.78, 5) is 25.2. The van der Waals surface area contributed by atoms with Crippen LogP contribution in [0.3, 0.4) is 0 Å². The standard InChI is InChI=1S/C19H13N3O3S2/c20-10-11-25-15-8-6-13(7-9-15)12-16-18(24)22(19(26)27-16)21-17(23)14-4-2-1-3-5-14/h1-9,12H,11H2,(H,21,23)/b16-12-. The summed E-state index contributed by atoms with van der Waals surface area (Å²) in [5.74, 6) is -0.234. The number of nitriles is 1. The molecular weight excluding hydrogens is 382 g/mol. The maximum atomic E-state index is 12.6. The second kappa shape index (κ2) is 8.49. The lowest BCUT2D eigenvalue weighted by molar-refractivity contribution is -0.123. The van der Waals surface area contributed by atoms with Crippen LogP contribution in [-0.4, -0.2) is 27.8 Å². The van der Waals surface area contributed by atoms with E-state index in [0.717, 1.165) is 22.3 Å². The molecule has 0 unspecified atom stereocenters. The number of carbonyl (C=O) groups excluding carboxylic acids is 2. The lowest BCUT2D eigenvalue weighted by Gasteiger charge is -2.15. The van der Waals surface area contributed by atoms with Gasteiger partial charge in [0.2, 0.25) is 0 Å². The average Bonchev–Trinajstić information content (AvgIpc) is 2.95. The van der Waals surface area contributed by atoms with E-state index < -0.39 is 5.91 Å². The molecule has 8 heteroatoms. The van der Waals surface area contributed by atoms with Gasteiger partial charge in [0.15, 0.2) is 10.9 Å². The molecule has 2 aromatic carbocycles. The van der Waals surface area contributed by atoms with Crippen LogP contribution in [0.5, 0.6) is 5.75 Å². The molecule has 1 heterocycles. The first-order chi connectivity index (χ1) is 13.1. The van der Waals surface area contributed by atoms with Gasteiger partial charge in [0.05, 0.1) is 4.91 Å². The minimum Gasteiger partial charge on any atom is -0.479 e. The summed E-state index contributed by atoms with van der Waals surface area (Å²) in [6.07, 6.45) is 1.68. The fourth-order valence-corrected chi connectivity index (χ4v) is 3.43. The number of carbonyl (C=O) groups is 2. The fraction of sp³-hybridized carbons (Fsp3) is 0.0526. The highest BCUT2D eigenvalue weighted by atomic mass is 32.2. The molecule has 27 heavy (non-hydrogen) atoms. The molecule has 6 nitrogen and oxygen atoms in total. The fourth-order valence-electron chi connectivity index (χ4n) is 2.25. The summed E-state index contributed by atoms with van der Waals surface area (Å²) in [6, 6.07) is 17.4. The highest BCUT2D eigenvalue weighted by Crippen LogP contribution is 2.31. The molecular formula is C19H13N3O3S2. The highest BCUT2D eigenvalue weighted by molar-refractivity contribution is 8.26. The van der Waals surface area contributed by atoms with Crippen molar-refractivity contribution < 1.29 is 14.3 Å². The van der Waals surface area contributed by atoms with Gasteiger partial charge < -0.3 is 4.74 Å². The Kier molecular flexibility index (Phi) is 5.86. The molecule has 0 spiro atoms. The third-order valence-electron chi connectivity index (χ3n) is 3.52. The summed E-state index contributed by atoms with van der Waals surface area (Å²) in [5.41, 5.74) is 3.74. The Balaban J connectivity index is 1.71. The highest BCUT2D eigenvalue weighted by Gasteiger charge is 2.33. The summed E-state index contributed by atoms with van der Waals surface area (Å²) < 4.78 is 5.44. The van der Waals surface area contributed by atoms with Crippen LogP contribution in [0.15, 0.2) is 59.5 Å². The minimum absolute atomic E-state index is 0.0287. The van der Waals surface area contributed by atoms with E-state index in [1.807, 2.05) is 6.07 Å². The summed E-state index contributed by atoms with van der Waals surface area (Å²) in [7, 11) is 0. The first-order valence-corrected chi connectivity index (χ1v) is 9.05. The lowest BCUT2D eigenvalue weighted by atomic mass is 10.2. The van der Waals surface area contributed by atoms with Gasteiger partial charge in [-0.15, -0.1) is 0 Å². The van der Waals surface area contributed by atoms with Crippen molar-refractivity contribution in [2.45, 2.75) is 0 Å². The molecule has 1 N–H and O–H groups in total. The van der Waals surface area contributed by atoms with Crippen LogP contribution < -0.4 is 10.2 Å². The number of amides is 2. The Bertz CT molecular complexity index is 950. The second-order valence-corrected chi connectivity index (χ2v) is 7.02. The van der Waals surface area contributed by atoms with Crippen molar-refractivity contribution in [1.29, 1.82) is 5.26 Å². The maximum absolute atomic E-state index is 12.6. The number of thioether (sulfide) groups is 1. The van der Waals surface area contributed by atoms with Crippen LogP contribution in [0.2, 0.25) is 0 Å². The molecule has 134 valence electrons. The van der Waals surface area contributed by atoms with Gasteiger partial charge in [-0.2, -0.15) is 10.3 Å². The zero-order chi connectivity index (χ0) is 19.2. The molecule has 1 saturated heterocycles. The van der Waals surface area contributed by atoms with Crippen molar-refractivity contribution in [2.75, 3.05) is 6.61 Å². The molecule has 0 atom stereocenters. The Morgan fingerprint density at radius 2 is 1.93 bits per heavy atom. The first-order valence-electron chi connectivity index (χ1n) is 7.82. The number of rotatable bonds is 5. The molecule has 0 aromatic heterocycles. The molecule has 0 saturated carbocycles. The van der Waals surface area contributed by atoms with E-state index in [0.29, 0.717) is 16.2 Å². The van der Waals surface area contributed by atoms with Crippen molar-refractivity contribution in [3.05, 3.63) is 70.6 Å². The summed E-state index contributed by atoms with van der Waals surface area (Å²) in [6.45, 7) is -0.0287. The van der Waals surface area contributed by atoms with Crippen LogP contribution in [0.1, 0.15) is 15.9 Å². The van der Waals surface area contributed by atoms with Crippen LogP contribution in [0, 0.1) is 11.3 Å². The quantitative estimate of drug-likeness (QED) is 0.619. The van der Waals surface area contributed by atoms with E-state index in [9.17, 15) is 9.59 Å². The third-order valence-corrected chi connectivity index (χ3v) is 4.83. The van der Waals surface area contributed by atoms with Gasteiger partial charge in [-0.05, 0) is 48.1 Å². The zero-order valence-corrected chi connectivity index (χ0v) is 15.5. The first kappa shape index (κ1) is 18.6. The number of benzene rings is 2. The summed E-state index contributed by atoms with van der Waals surface area (Å²) in [5, 5.41) is 9.59. The molecule has 0 radical (unpaired) electrons. The molecule has 1 fully saturated rings. The Hall–Kier alpha value is -3.15. The molecule has 0 bridgehead atoms. The lowest BCUT2D eigenvalue weighted by Crippen LogP contribution is -2.44. The van der Waals surface area contributed by atoms with Crippen molar-refractivity contribution >= 4 is 46.2 Å². The molecule has 2 aromatic rings. The van der Waals surface area contributed by atoms with Gasteiger partial charge >= 0.3 is 0 Å². The predicted octanol–water partition coefficient (Wildman–Crippen LogP) is 3.14. The van der Waals surface area contributed by atoms with Gasteiger partial charge in [0.1, 0.15) is 11.8 Å². The van der Waals surface area contributed by atoms with Gasteiger partial charge in [0, 0.05) is 5.56 Å². The Morgan fingerprint density at radius 1 is 1.22 bits per heavy atom. The second-order valence-electron chi connectivity index (χ2n) is 5.34. The topological polar surface area (TPSA) is 82.4 Å². The van der Waals surface area contributed by atoms with E-state index in [1.165, 1.54) is 0 Å². The van der Waals surface area contributed by atoms with Crippen molar-refractivity contribution in [2.24, 2.45) is 0 Å². The number of ether oxygens (including phenoxy) is 1. The third kappa shape index (κ3) is 4.53. The Labute approximate surface area is 165 Å². The number of hydrogen-bond acceptors (Lipinski definition) is 6. The van der Waals surface area contributed by atoms with Crippen LogP contribution >= 0.6 is 24.0 Å². The van der Waals surface area contributed by atoms with Crippen LogP contribution in [0.25, 0.3) is 6.08 Å². The predicted molar refractivity (Wildman–Crippen MR) is 106 cm³/mol. The molecule has 0 aliphatic carbocycles. The minimum atomic E-state index is -0.410. The number of hydrazine groups is 1. The number of thiocarbonyl (C=S) groups is 1. The van der Waals surface area contributed by atoms with E-state index >= 15 is 0 Å². The normalized spacial score (nSPS) is 14.9. The smallest absolute Gasteiger partial charge is 0.285 e. The maximum Gasteiger partial charge on any atom is 0.285 e. The van der Waals surface area contributed by atoms with Gasteiger partial charge in [-0.1, -0.05) is 42.1 Å². The van der Waals surface area contributed by atoms with Gasteiger partial charge in [-0.25, -0.2) is 0 Å². The molecule has 1 aliphatic rings. The molecule has 1 aliphatic heterocycles. The van der Waals surface area contributed by atoms with E-state index in [2.05, 4.69) is 5.43 Å². The van der Waals surface area contributed by atoms with Gasteiger partial charge in [-0.3, -0.25) is 15.0 Å². The molecule has 2 amide bonds. The molecule has 3 rings (SSSR count). The van der Waals surface area contributed by atoms with E-state index in [4.69, 9.17) is 22.2 Å². The van der Waals surface area contributed by atoms with Crippen LogP contribution in [0.4, 0.5) is 0 Å². The number of nitrogens with zero attached hydrogens (tertiary/aromatic N) is 2. The Morgan fingerprint density at radius 3 is 2.59 bits per heavy atom. The number of nitrogens with one attached hydrogen (secondary N) is 1. The van der Waals surface area contributed by atoms with Gasteiger partial charge in [0.25, 0.3) is 11.8 Å². The van der Waals surface area contributed by atoms with Crippen molar-refractivity contribution in [1.82, 2.24) is 10.4 Å².